The first-order chi connectivity index (χ1) is 13.1. The molecule has 1 unspecified atom stereocenters. The van der Waals surface area contributed by atoms with Gasteiger partial charge in [-0.1, -0.05) is 45.0 Å². The Morgan fingerprint density at radius 1 is 1.17 bits per heavy atom. The molecule has 0 saturated heterocycles. The summed E-state index contributed by atoms with van der Waals surface area (Å²) in [4.78, 5) is 12.0. The van der Waals surface area contributed by atoms with Crippen molar-refractivity contribution in [1.29, 1.82) is 0 Å². The standard InChI is InChI=1S/C23H41NO4Si/c1-17(25)13-20(15-24-21(26)28-22(2,3)4)19-12-10-11-18(14-19)16-27-29(8,9)23(5,6)7/h10-12,14,17,20,25H,13,15-16H2,1-9H3,(H,24,26)/t17?,20-/m1/s1. The number of rotatable bonds is 8. The zero-order valence-electron chi connectivity index (χ0n) is 19.8. The van der Waals surface area contributed by atoms with Crippen molar-refractivity contribution in [2.24, 2.45) is 0 Å². The van der Waals surface area contributed by atoms with Gasteiger partial charge in [-0.15, -0.1) is 0 Å². The van der Waals surface area contributed by atoms with E-state index in [4.69, 9.17) is 9.16 Å². The molecule has 0 spiro atoms. The zero-order chi connectivity index (χ0) is 22.5. The maximum atomic E-state index is 12.0. The number of benzene rings is 1. The van der Waals surface area contributed by atoms with Crippen molar-refractivity contribution >= 4 is 14.4 Å². The number of amides is 1. The van der Waals surface area contributed by atoms with Gasteiger partial charge >= 0.3 is 6.09 Å². The summed E-state index contributed by atoms with van der Waals surface area (Å²) >= 11 is 0. The van der Waals surface area contributed by atoms with Crippen LogP contribution in [0.15, 0.2) is 24.3 Å². The number of alkyl carbamates (subject to hydrolysis) is 1. The first-order valence-electron chi connectivity index (χ1n) is 10.5. The SMILES string of the molecule is CC(O)C[C@H](CNC(=O)OC(C)(C)C)c1cccc(CO[Si](C)(C)C(C)(C)C)c1. The highest BCUT2D eigenvalue weighted by molar-refractivity contribution is 6.74. The van der Waals surface area contributed by atoms with Crippen LogP contribution in [0.3, 0.4) is 0 Å². The molecule has 0 aliphatic rings. The Kier molecular flexibility index (Phi) is 8.93. The summed E-state index contributed by atoms with van der Waals surface area (Å²) in [6.45, 7) is 19.5. The van der Waals surface area contributed by atoms with Crippen molar-refractivity contribution in [1.82, 2.24) is 5.32 Å². The van der Waals surface area contributed by atoms with Crippen LogP contribution >= 0.6 is 0 Å². The van der Waals surface area contributed by atoms with E-state index in [0.717, 1.165) is 11.1 Å². The Labute approximate surface area is 178 Å². The maximum absolute atomic E-state index is 12.0. The van der Waals surface area contributed by atoms with E-state index in [1.54, 1.807) is 6.92 Å². The number of aliphatic hydroxyl groups is 1. The van der Waals surface area contributed by atoms with Crippen LogP contribution in [0.25, 0.3) is 0 Å². The van der Waals surface area contributed by atoms with Crippen LogP contribution in [0.2, 0.25) is 18.1 Å². The second-order valence-corrected chi connectivity index (χ2v) is 15.3. The molecule has 5 nitrogen and oxygen atoms in total. The average molecular weight is 424 g/mol. The first kappa shape index (κ1) is 25.7. The van der Waals surface area contributed by atoms with Gasteiger partial charge in [0.05, 0.1) is 12.7 Å². The first-order valence-corrected chi connectivity index (χ1v) is 13.4. The third-order valence-corrected chi connectivity index (χ3v) is 9.82. The molecule has 2 atom stereocenters. The maximum Gasteiger partial charge on any atom is 0.407 e. The molecule has 0 aliphatic carbocycles. The molecule has 0 aliphatic heterocycles. The van der Waals surface area contributed by atoms with Crippen molar-refractivity contribution in [3.63, 3.8) is 0 Å². The number of hydrogen-bond acceptors (Lipinski definition) is 4. The molecule has 2 N–H and O–H groups in total. The highest BCUT2D eigenvalue weighted by Crippen LogP contribution is 2.37. The molecule has 166 valence electrons. The third-order valence-electron chi connectivity index (χ3n) is 5.35. The highest BCUT2D eigenvalue weighted by Gasteiger charge is 2.37. The Bertz CT molecular complexity index is 660. The van der Waals surface area contributed by atoms with Crippen LogP contribution in [-0.2, 0) is 15.8 Å². The molecule has 6 heteroatoms. The van der Waals surface area contributed by atoms with E-state index < -0.39 is 26.1 Å². The van der Waals surface area contributed by atoms with E-state index in [2.05, 4.69) is 51.3 Å². The average Bonchev–Trinajstić information content (AvgIpc) is 2.54. The summed E-state index contributed by atoms with van der Waals surface area (Å²) in [6, 6.07) is 8.25. The molecule has 0 fully saturated rings. The quantitative estimate of drug-likeness (QED) is 0.535. The van der Waals surface area contributed by atoms with Crippen LogP contribution in [0.4, 0.5) is 4.79 Å². The summed E-state index contributed by atoms with van der Waals surface area (Å²) in [5.41, 5.74) is 1.66. The minimum Gasteiger partial charge on any atom is -0.444 e. The van der Waals surface area contributed by atoms with E-state index in [-0.39, 0.29) is 11.0 Å². The summed E-state index contributed by atoms with van der Waals surface area (Å²) in [5.74, 6) is -0.00432. The molecule has 1 aromatic carbocycles. The van der Waals surface area contributed by atoms with Gasteiger partial charge in [0, 0.05) is 12.5 Å². The van der Waals surface area contributed by atoms with Gasteiger partial charge in [-0.25, -0.2) is 4.79 Å². The van der Waals surface area contributed by atoms with E-state index in [1.807, 2.05) is 32.9 Å². The lowest BCUT2D eigenvalue weighted by molar-refractivity contribution is 0.0520. The molecule has 1 amide bonds. The van der Waals surface area contributed by atoms with E-state index >= 15 is 0 Å². The normalized spacial score (nSPS) is 15.0. The third kappa shape index (κ3) is 9.32. The van der Waals surface area contributed by atoms with Gasteiger partial charge in [0.15, 0.2) is 8.32 Å². The number of aliphatic hydroxyl groups excluding tert-OH is 1. The van der Waals surface area contributed by atoms with Gasteiger partial charge in [-0.3, -0.25) is 0 Å². The minimum absolute atomic E-state index is 0.00432. The Balaban J connectivity index is 2.87. The van der Waals surface area contributed by atoms with E-state index in [1.165, 1.54) is 0 Å². The van der Waals surface area contributed by atoms with Gasteiger partial charge in [0.1, 0.15) is 5.60 Å². The Morgan fingerprint density at radius 3 is 2.31 bits per heavy atom. The highest BCUT2D eigenvalue weighted by atomic mass is 28.4. The summed E-state index contributed by atoms with van der Waals surface area (Å²) in [6.07, 6.45) is -0.347. The zero-order valence-corrected chi connectivity index (χ0v) is 20.8. The number of nitrogens with one attached hydrogen (secondary N) is 1. The number of ether oxygens (including phenoxy) is 1. The summed E-state index contributed by atoms with van der Waals surface area (Å²) < 4.78 is 11.7. The molecule has 1 aromatic rings. The van der Waals surface area contributed by atoms with E-state index in [9.17, 15) is 9.90 Å². The minimum atomic E-state index is -1.82. The lowest BCUT2D eigenvalue weighted by Crippen LogP contribution is -2.40. The van der Waals surface area contributed by atoms with Crippen LogP contribution in [0.1, 0.15) is 71.9 Å². The molecule has 0 saturated carbocycles. The fourth-order valence-corrected chi connectivity index (χ4v) is 3.65. The van der Waals surface area contributed by atoms with Gasteiger partial charge in [-0.05, 0) is 63.4 Å². The van der Waals surface area contributed by atoms with E-state index in [0.29, 0.717) is 19.6 Å². The number of hydrogen-bond donors (Lipinski definition) is 2. The fraction of sp³-hybridized carbons (Fsp3) is 0.696. The van der Waals surface area contributed by atoms with Crippen LogP contribution in [0.5, 0.6) is 0 Å². The number of carbonyl (C=O) groups is 1. The summed E-state index contributed by atoms with van der Waals surface area (Å²) in [7, 11) is -1.82. The molecular weight excluding hydrogens is 382 g/mol. The van der Waals surface area contributed by atoms with Crippen molar-refractivity contribution < 1.29 is 19.1 Å². The van der Waals surface area contributed by atoms with Crippen LogP contribution in [0, 0.1) is 0 Å². The Morgan fingerprint density at radius 2 is 1.79 bits per heavy atom. The summed E-state index contributed by atoms with van der Waals surface area (Å²) in [5, 5.41) is 12.9. The topological polar surface area (TPSA) is 67.8 Å². The molecule has 0 radical (unpaired) electrons. The van der Waals surface area contributed by atoms with Gasteiger partial charge < -0.3 is 19.6 Å². The van der Waals surface area contributed by atoms with Crippen LogP contribution < -0.4 is 5.32 Å². The molecular formula is C23H41NO4Si. The van der Waals surface area contributed by atoms with Crippen molar-refractivity contribution in [3.05, 3.63) is 35.4 Å². The van der Waals surface area contributed by atoms with Crippen molar-refractivity contribution in [2.75, 3.05) is 6.54 Å². The van der Waals surface area contributed by atoms with Gasteiger partial charge in [0.25, 0.3) is 0 Å². The lowest BCUT2D eigenvalue weighted by atomic mass is 9.92. The second kappa shape index (κ2) is 10.1. The predicted molar refractivity (Wildman–Crippen MR) is 122 cm³/mol. The number of carbonyl (C=O) groups excluding carboxylic acids is 1. The second-order valence-electron chi connectivity index (χ2n) is 10.5. The Hall–Kier alpha value is -1.37. The molecule has 1 rings (SSSR count). The van der Waals surface area contributed by atoms with Crippen molar-refractivity contribution in [2.45, 2.75) is 97.2 Å². The lowest BCUT2D eigenvalue weighted by Gasteiger charge is -2.36. The molecule has 0 heterocycles. The smallest absolute Gasteiger partial charge is 0.407 e. The predicted octanol–water partition coefficient (Wildman–Crippen LogP) is 5.59. The molecule has 29 heavy (non-hydrogen) atoms. The molecule has 0 aromatic heterocycles. The van der Waals surface area contributed by atoms with Crippen molar-refractivity contribution in [3.8, 4) is 0 Å². The monoisotopic (exact) mass is 423 g/mol. The van der Waals surface area contributed by atoms with Gasteiger partial charge in [0.2, 0.25) is 0 Å². The van der Waals surface area contributed by atoms with Gasteiger partial charge in [-0.2, -0.15) is 0 Å². The van der Waals surface area contributed by atoms with Crippen LogP contribution in [-0.4, -0.2) is 37.8 Å². The molecule has 0 bridgehead atoms. The largest absolute Gasteiger partial charge is 0.444 e. The fourth-order valence-electron chi connectivity index (χ4n) is 2.69.